The van der Waals surface area contributed by atoms with E-state index in [2.05, 4.69) is 5.32 Å². The number of rotatable bonds is 4. The van der Waals surface area contributed by atoms with Crippen molar-refractivity contribution >= 4 is 33.3 Å². The number of hydrogen-bond donors (Lipinski definition) is 1. The quantitative estimate of drug-likeness (QED) is 0.815. The zero-order valence-corrected chi connectivity index (χ0v) is 14.5. The van der Waals surface area contributed by atoms with E-state index in [1.807, 2.05) is 13.0 Å². The Morgan fingerprint density at radius 2 is 1.96 bits per heavy atom. The van der Waals surface area contributed by atoms with Crippen molar-refractivity contribution in [1.29, 1.82) is 0 Å². The van der Waals surface area contributed by atoms with Gasteiger partial charge in [-0.3, -0.25) is 9.69 Å². The van der Waals surface area contributed by atoms with E-state index in [1.165, 1.54) is 20.5 Å². The first-order valence-corrected chi connectivity index (χ1v) is 9.88. The standard InChI is InChI=1S/C14H19N3O4S2/c1-2-11-3-4-13(22-11)23(20,21)16-7-5-10(6-8-16)17-12(18)9-15-14(17)19/h3-4,10H,2,5-9H2,1H3,(H,15,19). The Balaban J connectivity index is 1.68. The Labute approximate surface area is 139 Å². The van der Waals surface area contributed by atoms with Gasteiger partial charge in [0, 0.05) is 24.0 Å². The zero-order chi connectivity index (χ0) is 16.6. The summed E-state index contributed by atoms with van der Waals surface area (Å²) >= 11 is 1.30. The maximum Gasteiger partial charge on any atom is 0.324 e. The van der Waals surface area contributed by atoms with Crippen LogP contribution < -0.4 is 5.32 Å². The molecule has 1 aromatic rings. The Morgan fingerprint density at radius 3 is 2.48 bits per heavy atom. The Hall–Kier alpha value is -1.45. The molecule has 0 atom stereocenters. The molecule has 0 saturated carbocycles. The second-order valence-electron chi connectivity index (χ2n) is 5.63. The third-order valence-corrected chi connectivity index (χ3v) is 7.84. The summed E-state index contributed by atoms with van der Waals surface area (Å²) in [6, 6.07) is 2.91. The van der Waals surface area contributed by atoms with Crippen LogP contribution in [0.2, 0.25) is 0 Å². The second-order valence-corrected chi connectivity index (χ2v) is 8.97. The highest BCUT2D eigenvalue weighted by molar-refractivity contribution is 7.91. The Kier molecular flexibility index (Phi) is 4.43. The van der Waals surface area contributed by atoms with Crippen molar-refractivity contribution in [2.75, 3.05) is 19.6 Å². The van der Waals surface area contributed by atoms with Crippen LogP contribution in [0, 0.1) is 0 Å². The van der Waals surface area contributed by atoms with E-state index in [0.717, 1.165) is 11.3 Å². The molecule has 0 spiro atoms. The van der Waals surface area contributed by atoms with Crippen LogP contribution in [0.4, 0.5) is 4.79 Å². The molecule has 23 heavy (non-hydrogen) atoms. The van der Waals surface area contributed by atoms with E-state index in [1.54, 1.807) is 6.07 Å². The van der Waals surface area contributed by atoms with Gasteiger partial charge in [0.25, 0.3) is 10.0 Å². The summed E-state index contributed by atoms with van der Waals surface area (Å²) in [5, 5.41) is 2.50. The third-order valence-electron chi connectivity index (χ3n) is 4.25. The summed E-state index contributed by atoms with van der Waals surface area (Å²) in [7, 11) is -3.48. The van der Waals surface area contributed by atoms with Crippen molar-refractivity contribution in [3.05, 3.63) is 17.0 Å². The molecule has 7 nitrogen and oxygen atoms in total. The molecule has 9 heteroatoms. The molecule has 0 unspecified atom stereocenters. The van der Waals surface area contributed by atoms with E-state index < -0.39 is 10.0 Å². The summed E-state index contributed by atoms with van der Waals surface area (Å²) in [5.74, 6) is -0.234. The molecule has 3 heterocycles. The number of nitrogens with zero attached hydrogens (tertiary/aromatic N) is 2. The van der Waals surface area contributed by atoms with Gasteiger partial charge in [-0.2, -0.15) is 4.31 Å². The fourth-order valence-corrected chi connectivity index (χ4v) is 5.88. The number of carbonyl (C=O) groups is 2. The van der Waals surface area contributed by atoms with Crippen molar-refractivity contribution < 1.29 is 18.0 Å². The van der Waals surface area contributed by atoms with E-state index in [9.17, 15) is 18.0 Å². The van der Waals surface area contributed by atoms with Crippen molar-refractivity contribution in [3.8, 4) is 0 Å². The summed E-state index contributed by atoms with van der Waals surface area (Å²) < 4.78 is 27.1. The van der Waals surface area contributed by atoms with Crippen LogP contribution in [-0.2, 0) is 21.2 Å². The molecule has 2 fully saturated rings. The van der Waals surface area contributed by atoms with Crippen LogP contribution in [0.15, 0.2) is 16.3 Å². The molecular weight excluding hydrogens is 338 g/mol. The molecule has 2 saturated heterocycles. The van der Waals surface area contributed by atoms with E-state index in [4.69, 9.17) is 0 Å². The molecule has 2 aliphatic heterocycles. The maximum absolute atomic E-state index is 12.6. The predicted molar refractivity (Wildman–Crippen MR) is 85.7 cm³/mol. The minimum absolute atomic E-state index is 0.0341. The number of carbonyl (C=O) groups excluding carboxylic acids is 2. The number of sulfonamides is 1. The number of aryl methyl sites for hydroxylation is 1. The molecular formula is C14H19N3O4S2. The zero-order valence-electron chi connectivity index (χ0n) is 12.8. The maximum atomic E-state index is 12.6. The van der Waals surface area contributed by atoms with Gasteiger partial charge in [-0.05, 0) is 31.4 Å². The topological polar surface area (TPSA) is 86.8 Å². The van der Waals surface area contributed by atoms with Crippen molar-refractivity contribution in [2.24, 2.45) is 0 Å². The van der Waals surface area contributed by atoms with Gasteiger partial charge >= 0.3 is 6.03 Å². The first-order valence-electron chi connectivity index (χ1n) is 7.62. The second kappa shape index (κ2) is 6.21. The van der Waals surface area contributed by atoms with Gasteiger partial charge in [0.15, 0.2) is 0 Å². The number of nitrogens with one attached hydrogen (secondary N) is 1. The fourth-order valence-electron chi connectivity index (χ4n) is 2.96. The number of imide groups is 1. The number of urea groups is 1. The number of piperidine rings is 1. The molecule has 3 rings (SSSR count). The summed E-state index contributed by atoms with van der Waals surface area (Å²) in [6.45, 7) is 2.67. The van der Waals surface area contributed by atoms with E-state index >= 15 is 0 Å². The summed E-state index contributed by atoms with van der Waals surface area (Å²) in [4.78, 5) is 25.7. The minimum atomic E-state index is -3.48. The molecule has 1 N–H and O–H groups in total. The highest BCUT2D eigenvalue weighted by atomic mass is 32.2. The lowest BCUT2D eigenvalue weighted by atomic mass is 10.1. The van der Waals surface area contributed by atoms with Gasteiger partial charge in [0.05, 0.1) is 6.54 Å². The van der Waals surface area contributed by atoms with Crippen LogP contribution in [-0.4, -0.2) is 55.2 Å². The highest BCUT2D eigenvalue weighted by Crippen LogP contribution is 2.28. The van der Waals surface area contributed by atoms with Crippen LogP contribution in [0.1, 0.15) is 24.6 Å². The molecule has 3 amide bonds. The first-order chi connectivity index (χ1) is 10.9. The smallest absolute Gasteiger partial charge is 0.324 e. The van der Waals surface area contributed by atoms with Gasteiger partial charge in [-0.1, -0.05) is 6.92 Å². The van der Waals surface area contributed by atoms with Gasteiger partial charge < -0.3 is 5.32 Å². The molecule has 0 radical (unpaired) electrons. The third kappa shape index (κ3) is 3.00. The number of amides is 3. The highest BCUT2D eigenvalue weighted by Gasteiger charge is 2.39. The number of thiophene rings is 1. The van der Waals surface area contributed by atoms with E-state index in [0.29, 0.717) is 30.1 Å². The average Bonchev–Trinajstić information content (AvgIpc) is 3.15. The van der Waals surface area contributed by atoms with Crippen molar-refractivity contribution in [3.63, 3.8) is 0 Å². The van der Waals surface area contributed by atoms with Gasteiger partial charge in [0.2, 0.25) is 5.91 Å². The number of hydrogen-bond acceptors (Lipinski definition) is 5. The minimum Gasteiger partial charge on any atom is -0.329 e. The van der Waals surface area contributed by atoms with Crippen molar-refractivity contribution in [1.82, 2.24) is 14.5 Å². The van der Waals surface area contributed by atoms with Crippen LogP contribution in [0.3, 0.4) is 0 Å². The Morgan fingerprint density at radius 1 is 1.26 bits per heavy atom. The van der Waals surface area contributed by atoms with Crippen LogP contribution in [0.5, 0.6) is 0 Å². The largest absolute Gasteiger partial charge is 0.329 e. The molecule has 2 aliphatic rings. The lowest BCUT2D eigenvalue weighted by Gasteiger charge is -2.34. The average molecular weight is 357 g/mol. The molecule has 0 aromatic carbocycles. The van der Waals surface area contributed by atoms with Crippen molar-refractivity contribution in [2.45, 2.75) is 36.4 Å². The van der Waals surface area contributed by atoms with Gasteiger partial charge in [-0.25, -0.2) is 13.2 Å². The lowest BCUT2D eigenvalue weighted by Crippen LogP contribution is -2.48. The van der Waals surface area contributed by atoms with E-state index in [-0.39, 0.29) is 24.5 Å². The normalized spacial score (nSPS) is 21.0. The summed E-state index contributed by atoms with van der Waals surface area (Å²) in [5.41, 5.74) is 0. The first kappa shape index (κ1) is 16.4. The summed E-state index contributed by atoms with van der Waals surface area (Å²) in [6.07, 6.45) is 1.77. The predicted octanol–water partition coefficient (Wildman–Crippen LogP) is 1.02. The van der Waals surface area contributed by atoms with Crippen LogP contribution >= 0.6 is 11.3 Å². The SMILES string of the molecule is CCc1ccc(S(=O)(=O)N2CCC(N3C(=O)CNC3=O)CC2)s1. The Bertz CT molecular complexity index is 704. The van der Waals surface area contributed by atoms with Gasteiger partial charge in [0.1, 0.15) is 4.21 Å². The van der Waals surface area contributed by atoms with Gasteiger partial charge in [-0.15, -0.1) is 11.3 Å². The lowest BCUT2D eigenvalue weighted by molar-refractivity contribution is -0.127. The van der Waals surface area contributed by atoms with Crippen LogP contribution in [0.25, 0.3) is 0 Å². The molecule has 126 valence electrons. The molecule has 0 aliphatic carbocycles. The monoisotopic (exact) mass is 357 g/mol. The fraction of sp³-hybridized carbons (Fsp3) is 0.571. The molecule has 0 bridgehead atoms. The molecule has 1 aromatic heterocycles.